The monoisotopic (exact) mass is 222 g/mol. The van der Waals surface area contributed by atoms with Gasteiger partial charge < -0.3 is 5.32 Å². The van der Waals surface area contributed by atoms with Crippen LogP contribution in [-0.2, 0) is 0 Å². The highest BCUT2D eigenvalue weighted by molar-refractivity contribution is 5.02. The summed E-state index contributed by atoms with van der Waals surface area (Å²) in [7, 11) is 0. The summed E-state index contributed by atoms with van der Waals surface area (Å²) < 4.78 is 0. The Hall–Kier alpha value is -0.340. The Kier molecular flexibility index (Phi) is 4.42. The van der Waals surface area contributed by atoms with Gasteiger partial charge in [-0.3, -0.25) is 4.90 Å². The van der Waals surface area contributed by atoms with Gasteiger partial charge in [-0.05, 0) is 37.8 Å². The van der Waals surface area contributed by atoms with Crippen LogP contribution in [0.4, 0.5) is 0 Å². The lowest BCUT2D eigenvalue weighted by Crippen LogP contribution is -2.36. The number of likely N-dealkylation sites (N-methyl/N-ethyl adjacent to an activating group) is 1. The van der Waals surface area contributed by atoms with Gasteiger partial charge in [0.15, 0.2) is 0 Å². The van der Waals surface area contributed by atoms with Gasteiger partial charge in [-0.25, -0.2) is 0 Å². The highest BCUT2D eigenvalue weighted by Gasteiger charge is 2.23. The molecule has 2 fully saturated rings. The summed E-state index contributed by atoms with van der Waals surface area (Å²) in [6.45, 7) is 9.78. The first kappa shape index (κ1) is 12.1. The van der Waals surface area contributed by atoms with Crippen molar-refractivity contribution < 1.29 is 0 Å². The first-order chi connectivity index (χ1) is 7.79. The van der Waals surface area contributed by atoms with Crippen LogP contribution in [0.15, 0.2) is 12.2 Å². The summed E-state index contributed by atoms with van der Waals surface area (Å²) in [6.07, 6.45) is 8.39. The summed E-state index contributed by atoms with van der Waals surface area (Å²) in [5.41, 5.74) is 1.36. The van der Waals surface area contributed by atoms with Crippen molar-refractivity contribution in [2.75, 3.05) is 19.6 Å². The van der Waals surface area contributed by atoms with E-state index in [0.29, 0.717) is 0 Å². The lowest BCUT2D eigenvalue weighted by atomic mass is 10.1. The van der Waals surface area contributed by atoms with Gasteiger partial charge in [0.25, 0.3) is 0 Å². The van der Waals surface area contributed by atoms with Crippen molar-refractivity contribution in [1.82, 2.24) is 10.2 Å². The van der Waals surface area contributed by atoms with Crippen molar-refractivity contribution in [2.24, 2.45) is 0 Å². The third-order valence-electron chi connectivity index (χ3n) is 3.89. The Morgan fingerprint density at radius 2 is 1.94 bits per heavy atom. The molecular weight excluding hydrogens is 196 g/mol. The van der Waals surface area contributed by atoms with E-state index in [1.807, 2.05) is 0 Å². The minimum atomic E-state index is 0.804. The maximum absolute atomic E-state index is 4.21. The molecule has 0 aliphatic heterocycles. The predicted octanol–water partition coefficient (Wildman–Crippen LogP) is 2.56. The minimum Gasteiger partial charge on any atom is -0.310 e. The highest BCUT2D eigenvalue weighted by atomic mass is 15.2. The summed E-state index contributed by atoms with van der Waals surface area (Å²) in [5.74, 6) is 0. The van der Waals surface area contributed by atoms with Gasteiger partial charge in [0.2, 0.25) is 0 Å². The number of nitrogens with one attached hydrogen (secondary N) is 1. The van der Waals surface area contributed by atoms with E-state index in [-0.39, 0.29) is 0 Å². The summed E-state index contributed by atoms with van der Waals surface area (Å²) in [4.78, 5) is 2.61. The van der Waals surface area contributed by atoms with Crippen LogP contribution in [0, 0.1) is 0 Å². The average molecular weight is 222 g/mol. The zero-order valence-electron chi connectivity index (χ0n) is 10.7. The zero-order chi connectivity index (χ0) is 11.4. The van der Waals surface area contributed by atoms with Crippen LogP contribution < -0.4 is 5.32 Å². The molecule has 0 unspecified atom stereocenters. The van der Waals surface area contributed by atoms with Gasteiger partial charge in [0, 0.05) is 25.2 Å². The number of nitrogens with zero attached hydrogens (tertiary/aromatic N) is 1. The summed E-state index contributed by atoms with van der Waals surface area (Å²) in [5, 5.41) is 3.55. The van der Waals surface area contributed by atoms with Crippen molar-refractivity contribution in [3.8, 4) is 0 Å². The van der Waals surface area contributed by atoms with Crippen molar-refractivity contribution >= 4 is 0 Å². The summed E-state index contributed by atoms with van der Waals surface area (Å²) >= 11 is 0. The molecule has 0 bridgehead atoms. The van der Waals surface area contributed by atoms with Crippen LogP contribution in [0.3, 0.4) is 0 Å². The van der Waals surface area contributed by atoms with E-state index in [4.69, 9.17) is 0 Å². The molecule has 2 heteroatoms. The molecule has 2 rings (SSSR count). The van der Waals surface area contributed by atoms with E-state index in [9.17, 15) is 0 Å². The van der Waals surface area contributed by atoms with Crippen LogP contribution >= 0.6 is 0 Å². The number of hydrogen-bond donors (Lipinski definition) is 1. The molecule has 2 aliphatic carbocycles. The molecule has 2 saturated carbocycles. The fraction of sp³-hybridized carbons (Fsp3) is 0.857. The van der Waals surface area contributed by atoms with E-state index >= 15 is 0 Å². The van der Waals surface area contributed by atoms with Gasteiger partial charge in [-0.1, -0.05) is 26.3 Å². The Balaban J connectivity index is 1.69. The van der Waals surface area contributed by atoms with Crippen LogP contribution in [0.25, 0.3) is 0 Å². The van der Waals surface area contributed by atoms with Gasteiger partial charge in [-0.2, -0.15) is 0 Å². The van der Waals surface area contributed by atoms with Crippen LogP contribution in [-0.4, -0.2) is 36.6 Å². The van der Waals surface area contributed by atoms with E-state index in [1.54, 1.807) is 0 Å². The molecule has 0 spiro atoms. The van der Waals surface area contributed by atoms with Gasteiger partial charge in [-0.15, -0.1) is 0 Å². The first-order valence-corrected chi connectivity index (χ1v) is 6.93. The van der Waals surface area contributed by atoms with Gasteiger partial charge in [0.05, 0.1) is 0 Å². The first-order valence-electron chi connectivity index (χ1n) is 6.93. The lowest BCUT2D eigenvalue weighted by molar-refractivity contribution is 0.225. The van der Waals surface area contributed by atoms with Gasteiger partial charge in [0.1, 0.15) is 0 Å². The van der Waals surface area contributed by atoms with E-state index in [0.717, 1.165) is 25.2 Å². The number of rotatable bonds is 7. The molecule has 0 radical (unpaired) electrons. The van der Waals surface area contributed by atoms with Crippen molar-refractivity contribution in [3.63, 3.8) is 0 Å². The zero-order valence-corrected chi connectivity index (χ0v) is 10.7. The Labute approximate surface area is 100 Å². The largest absolute Gasteiger partial charge is 0.310 e. The van der Waals surface area contributed by atoms with Crippen LogP contribution in [0.2, 0.25) is 0 Å². The molecule has 92 valence electrons. The lowest BCUT2D eigenvalue weighted by Gasteiger charge is -2.28. The highest BCUT2D eigenvalue weighted by Crippen LogP contribution is 2.24. The van der Waals surface area contributed by atoms with Crippen LogP contribution in [0.5, 0.6) is 0 Å². The second-order valence-electron chi connectivity index (χ2n) is 5.41. The molecule has 16 heavy (non-hydrogen) atoms. The number of hydrogen-bond acceptors (Lipinski definition) is 2. The Morgan fingerprint density at radius 3 is 2.50 bits per heavy atom. The topological polar surface area (TPSA) is 15.3 Å². The second-order valence-corrected chi connectivity index (χ2v) is 5.41. The molecule has 0 saturated heterocycles. The molecule has 2 nitrogen and oxygen atoms in total. The molecule has 0 aromatic rings. The van der Waals surface area contributed by atoms with E-state index < -0.39 is 0 Å². The normalized spacial score (nSPS) is 21.9. The molecule has 1 N–H and O–H groups in total. The second kappa shape index (κ2) is 5.83. The van der Waals surface area contributed by atoms with Crippen molar-refractivity contribution in [2.45, 2.75) is 57.5 Å². The van der Waals surface area contributed by atoms with E-state index in [2.05, 4.69) is 23.7 Å². The van der Waals surface area contributed by atoms with Crippen molar-refractivity contribution in [1.29, 1.82) is 0 Å². The van der Waals surface area contributed by atoms with Crippen LogP contribution in [0.1, 0.15) is 45.4 Å². The third kappa shape index (κ3) is 3.60. The molecular formula is C14H26N2. The van der Waals surface area contributed by atoms with Gasteiger partial charge >= 0.3 is 0 Å². The SMILES string of the molecule is C=C(CNC1CC1)CN(CC)C1CCCC1. The fourth-order valence-electron chi connectivity index (χ4n) is 2.69. The molecule has 0 aromatic carbocycles. The Bertz CT molecular complexity index is 227. The molecule has 0 atom stereocenters. The maximum Gasteiger partial charge on any atom is 0.0205 e. The minimum absolute atomic E-state index is 0.804. The van der Waals surface area contributed by atoms with Crippen molar-refractivity contribution in [3.05, 3.63) is 12.2 Å². The predicted molar refractivity (Wildman–Crippen MR) is 69.7 cm³/mol. The summed E-state index contributed by atoms with van der Waals surface area (Å²) in [6, 6.07) is 1.64. The molecule has 0 amide bonds. The average Bonchev–Trinajstić information content (AvgIpc) is 2.97. The third-order valence-corrected chi connectivity index (χ3v) is 3.89. The molecule has 2 aliphatic rings. The standard InChI is InChI=1S/C14H26N2/c1-3-16(14-6-4-5-7-14)11-12(2)10-15-13-8-9-13/h13-15H,2-11H2,1H3. The fourth-order valence-corrected chi connectivity index (χ4v) is 2.69. The quantitative estimate of drug-likeness (QED) is 0.666. The maximum atomic E-state index is 4.21. The van der Waals surface area contributed by atoms with E-state index in [1.165, 1.54) is 50.6 Å². The molecule has 0 heterocycles. The smallest absolute Gasteiger partial charge is 0.0205 e. The molecule has 0 aromatic heterocycles. The Morgan fingerprint density at radius 1 is 1.25 bits per heavy atom.